The first-order valence-corrected chi connectivity index (χ1v) is 4.69. The minimum Gasteiger partial charge on any atom is -0.507 e. The number of rotatable bonds is 3. The van der Waals surface area contributed by atoms with Gasteiger partial charge in [0.15, 0.2) is 0 Å². The van der Waals surface area contributed by atoms with E-state index in [1.807, 2.05) is 0 Å². The Labute approximate surface area is 88.9 Å². The lowest BCUT2D eigenvalue weighted by Gasteiger charge is -2.10. The number of carbonyl (C=O) groups is 1. The Bertz CT molecular complexity index is 351. The number of hydrogen-bond acceptors (Lipinski definition) is 3. The van der Waals surface area contributed by atoms with Crippen LogP contribution in [0, 0.1) is 0 Å². The largest absolute Gasteiger partial charge is 0.507 e. The zero-order valence-corrected chi connectivity index (χ0v) is 8.73. The first-order chi connectivity index (χ1) is 6.52. The van der Waals surface area contributed by atoms with Crippen molar-refractivity contribution in [2.75, 3.05) is 0 Å². The van der Waals surface area contributed by atoms with Gasteiger partial charge in [-0.05, 0) is 27.6 Å². The number of aliphatic hydroxyl groups excluding tert-OH is 1. The molecule has 0 aliphatic heterocycles. The van der Waals surface area contributed by atoms with Crippen LogP contribution in [0.1, 0.15) is 18.1 Å². The average Bonchev–Trinajstić information content (AvgIpc) is 2.08. The number of carboxylic acid groups (broad SMARTS) is 1. The molecule has 0 saturated heterocycles. The Morgan fingerprint density at radius 3 is 2.71 bits per heavy atom. The minimum atomic E-state index is -1.12. The van der Waals surface area contributed by atoms with Gasteiger partial charge >= 0.3 is 5.97 Å². The monoisotopic (exact) mass is 260 g/mol. The summed E-state index contributed by atoms with van der Waals surface area (Å²) < 4.78 is 0.328. The van der Waals surface area contributed by atoms with E-state index in [0.29, 0.717) is 10.0 Å². The fourth-order valence-corrected chi connectivity index (χ4v) is 1.60. The predicted octanol–water partition coefficient (Wildman–Crippen LogP) is 1.66. The van der Waals surface area contributed by atoms with E-state index in [2.05, 4.69) is 15.9 Å². The number of phenols is 1. The van der Waals surface area contributed by atoms with Crippen LogP contribution in [0.3, 0.4) is 0 Å². The molecule has 1 aromatic carbocycles. The maximum absolute atomic E-state index is 10.3. The van der Waals surface area contributed by atoms with Crippen molar-refractivity contribution in [2.24, 2.45) is 0 Å². The molecule has 0 heterocycles. The molecule has 1 rings (SSSR count). The molecule has 0 spiro atoms. The van der Waals surface area contributed by atoms with Crippen molar-refractivity contribution >= 4 is 21.9 Å². The van der Waals surface area contributed by atoms with Crippen molar-refractivity contribution in [2.45, 2.75) is 12.5 Å². The lowest BCUT2D eigenvalue weighted by atomic mass is 10.1. The fourth-order valence-electron chi connectivity index (χ4n) is 1.07. The first kappa shape index (κ1) is 11.0. The molecular weight excluding hydrogens is 252 g/mol. The molecule has 3 N–H and O–H groups in total. The van der Waals surface area contributed by atoms with E-state index in [1.54, 1.807) is 12.1 Å². The lowest BCUT2D eigenvalue weighted by molar-refractivity contribution is -0.139. The standard InChI is InChI=1S/C9H9BrO4/c10-9-5(2-1-3-6(9)11)7(12)4-8(13)14/h1-3,7,11-12H,4H2,(H,13,14). The molecule has 5 heteroatoms. The molecule has 1 aromatic rings. The van der Waals surface area contributed by atoms with Gasteiger partial charge in [0.1, 0.15) is 5.75 Å². The molecular formula is C9H9BrO4. The summed E-state index contributed by atoms with van der Waals surface area (Å²) in [4.78, 5) is 10.3. The fraction of sp³-hybridized carbons (Fsp3) is 0.222. The molecule has 1 unspecified atom stereocenters. The van der Waals surface area contributed by atoms with Crippen LogP contribution in [0.2, 0.25) is 0 Å². The van der Waals surface area contributed by atoms with E-state index in [-0.39, 0.29) is 12.2 Å². The van der Waals surface area contributed by atoms with Crippen LogP contribution < -0.4 is 0 Å². The summed E-state index contributed by atoms with van der Waals surface area (Å²) in [6.07, 6.45) is -1.50. The van der Waals surface area contributed by atoms with Gasteiger partial charge in [-0.15, -0.1) is 0 Å². The van der Waals surface area contributed by atoms with Crippen molar-refractivity contribution in [1.82, 2.24) is 0 Å². The van der Waals surface area contributed by atoms with Crippen LogP contribution >= 0.6 is 15.9 Å². The Morgan fingerprint density at radius 2 is 2.14 bits per heavy atom. The van der Waals surface area contributed by atoms with Gasteiger partial charge in [0.25, 0.3) is 0 Å². The maximum Gasteiger partial charge on any atom is 0.306 e. The lowest BCUT2D eigenvalue weighted by Crippen LogP contribution is -2.05. The summed E-state index contributed by atoms with van der Waals surface area (Å²) >= 11 is 3.07. The number of phenolic OH excluding ortho intramolecular Hbond substituents is 1. The van der Waals surface area contributed by atoms with Crippen molar-refractivity contribution in [1.29, 1.82) is 0 Å². The number of aliphatic hydroxyl groups is 1. The highest BCUT2D eigenvalue weighted by atomic mass is 79.9. The second-order valence-electron chi connectivity index (χ2n) is 2.79. The van der Waals surface area contributed by atoms with Crippen LogP contribution in [0.25, 0.3) is 0 Å². The van der Waals surface area contributed by atoms with Gasteiger partial charge in [0.2, 0.25) is 0 Å². The van der Waals surface area contributed by atoms with E-state index in [4.69, 9.17) is 5.11 Å². The third kappa shape index (κ3) is 2.46. The minimum absolute atomic E-state index is 0.0214. The zero-order chi connectivity index (χ0) is 10.7. The van der Waals surface area contributed by atoms with Gasteiger partial charge in [0, 0.05) is 0 Å². The van der Waals surface area contributed by atoms with Crippen molar-refractivity contribution in [3.8, 4) is 5.75 Å². The summed E-state index contributed by atoms with van der Waals surface area (Å²) in [5.74, 6) is -1.11. The summed E-state index contributed by atoms with van der Waals surface area (Å²) in [5.41, 5.74) is 0.368. The second-order valence-corrected chi connectivity index (χ2v) is 3.59. The van der Waals surface area contributed by atoms with E-state index >= 15 is 0 Å². The number of benzene rings is 1. The predicted molar refractivity (Wildman–Crippen MR) is 53.0 cm³/mol. The zero-order valence-electron chi connectivity index (χ0n) is 7.14. The van der Waals surface area contributed by atoms with Crippen molar-refractivity contribution < 1.29 is 20.1 Å². The molecule has 1 atom stereocenters. The van der Waals surface area contributed by atoms with Gasteiger partial charge in [-0.3, -0.25) is 4.79 Å². The highest BCUT2D eigenvalue weighted by Gasteiger charge is 2.16. The molecule has 0 saturated carbocycles. The summed E-state index contributed by atoms with van der Waals surface area (Å²) in [7, 11) is 0. The van der Waals surface area contributed by atoms with Crippen molar-refractivity contribution in [3.63, 3.8) is 0 Å². The number of aliphatic carboxylic acids is 1. The topological polar surface area (TPSA) is 77.8 Å². The van der Waals surface area contributed by atoms with Gasteiger partial charge in [-0.25, -0.2) is 0 Å². The molecule has 0 bridgehead atoms. The van der Waals surface area contributed by atoms with E-state index in [1.165, 1.54) is 6.07 Å². The van der Waals surface area contributed by atoms with Gasteiger partial charge in [-0.2, -0.15) is 0 Å². The van der Waals surface area contributed by atoms with Crippen LogP contribution in [-0.4, -0.2) is 21.3 Å². The quantitative estimate of drug-likeness (QED) is 0.773. The first-order valence-electron chi connectivity index (χ1n) is 3.89. The summed E-state index contributed by atoms with van der Waals surface area (Å²) in [6, 6.07) is 4.54. The van der Waals surface area contributed by atoms with E-state index in [0.717, 1.165) is 0 Å². The van der Waals surface area contributed by atoms with E-state index < -0.39 is 12.1 Å². The highest BCUT2D eigenvalue weighted by Crippen LogP contribution is 2.32. The third-order valence-electron chi connectivity index (χ3n) is 1.74. The summed E-state index contributed by atoms with van der Waals surface area (Å²) in [6.45, 7) is 0. The highest BCUT2D eigenvalue weighted by molar-refractivity contribution is 9.10. The smallest absolute Gasteiger partial charge is 0.306 e. The third-order valence-corrected chi connectivity index (χ3v) is 2.60. The Balaban J connectivity index is 2.95. The molecule has 0 radical (unpaired) electrons. The molecule has 14 heavy (non-hydrogen) atoms. The molecule has 0 aromatic heterocycles. The van der Waals surface area contributed by atoms with Gasteiger partial charge in [0.05, 0.1) is 17.0 Å². The average molecular weight is 261 g/mol. The number of halogens is 1. The molecule has 4 nitrogen and oxygen atoms in total. The van der Waals surface area contributed by atoms with Crippen LogP contribution in [-0.2, 0) is 4.79 Å². The van der Waals surface area contributed by atoms with Crippen LogP contribution in [0.4, 0.5) is 0 Å². The molecule has 0 aliphatic carbocycles. The molecule has 76 valence electrons. The van der Waals surface area contributed by atoms with Crippen molar-refractivity contribution in [3.05, 3.63) is 28.2 Å². The summed E-state index contributed by atoms with van der Waals surface area (Å²) in [5, 5.41) is 27.2. The van der Waals surface area contributed by atoms with E-state index in [9.17, 15) is 15.0 Å². The van der Waals surface area contributed by atoms with Gasteiger partial charge in [-0.1, -0.05) is 12.1 Å². The Morgan fingerprint density at radius 1 is 1.50 bits per heavy atom. The number of hydrogen-bond donors (Lipinski definition) is 3. The normalized spacial score (nSPS) is 12.4. The Hall–Kier alpha value is -1.07. The van der Waals surface area contributed by atoms with Gasteiger partial charge < -0.3 is 15.3 Å². The number of carboxylic acids is 1. The SMILES string of the molecule is O=C(O)CC(O)c1cccc(O)c1Br. The number of aromatic hydroxyl groups is 1. The van der Waals surface area contributed by atoms with Crippen LogP contribution in [0.15, 0.2) is 22.7 Å². The maximum atomic E-state index is 10.3. The van der Waals surface area contributed by atoms with Crippen LogP contribution in [0.5, 0.6) is 5.75 Å². The molecule has 0 fully saturated rings. The molecule has 0 aliphatic rings. The second kappa shape index (κ2) is 4.43. The Kier molecular flexibility index (Phi) is 3.49. The molecule has 0 amide bonds.